The maximum Gasteiger partial charge on any atom is 0.235 e. The summed E-state index contributed by atoms with van der Waals surface area (Å²) in [6.07, 6.45) is 1.74. The molecular formula is C23H27N5O2. The summed E-state index contributed by atoms with van der Waals surface area (Å²) in [4.78, 5) is 19.3. The highest BCUT2D eigenvalue weighted by molar-refractivity contribution is 6.08. The molecule has 1 saturated heterocycles. The molecule has 2 aliphatic heterocycles. The van der Waals surface area contributed by atoms with E-state index in [1.807, 2.05) is 32.0 Å². The highest BCUT2D eigenvalue weighted by Crippen LogP contribution is 2.43. The number of likely N-dealkylation sites (N-methyl/N-ethyl adjacent to an activating group) is 1. The molecule has 2 aliphatic rings. The van der Waals surface area contributed by atoms with Gasteiger partial charge in [0.1, 0.15) is 11.5 Å². The molecule has 0 aliphatic carbocycles. The molecular weight excluding hydrogens is 378 g/mol. The number of morpholine rings is 1. The van der Waals surface area contributed by atoms with Gasteiger partial charge in [-0.05, 0) is 40.0 Å². The Morgan fingerprint density at radius 1 is 1.20 bits per heavy atom. The first kappa shape index (κ1) is 19.2. The van der Waals surface area contributed by atoms with Crippen molar-refractivity contribution in [1.82, 2.24) is 19.7 Å². The Bertz CT molecular complexity index is 1150. The van der Waals surface area contributed by atoms with Crippen molar-refractivity contribution in [2.75, 3.05) is 32.1 Å². The molecule has 0 bridgehead atoms. The van der Waals surface area contributed by atoms with Crippen molar-refractivity contribution >= 4 is 22.6 Å². The Kier molecular flexibility index (Phi) is 4.24. The number of amides is 1. The second kappa shape index (κ2) is 6.62. The molecule has 4 heterocycles. The van der Waals surface area contributed by atoms with Crippen LogP contribution in [0.2, 0.25) is 0 Å². The number of hydrogen-bond donors (Lipinski definition) is 1. The van der Waals surface area contributed by atoms with Crippen molar-refractivity contribution < 1.29 is 9.53 Å². The number of anilines is 1. The molecule has 0 radical (unpaired) electrons. The maximum absolute atomic E-state index is 12.5. The van der Waals surface area contributed by atoms with E-state index in [4.69, 9.17) is 9.84 Å². The number of ether oxygens (including phenoxy) is 1. The average Bonchev–Trinajstić information content (AvgIpc) is 3.19. The second-order valence-corrected chi connectivity index (χ2v) is 9.16. The first-order valence-electron chi connectivity index (χ1n) is 10.4. The number of nitrogens with zero attached hydrogens (tertiary/aromatic N) is 4. The van der Waals surface area contributed by atoms with E-state index in [-0.39, 0.29) is 11.4 Å². The van der Waals surface area contributed by atoms with E-state index >= 15 is 0 Å². The summed E-state index contributed by atoms with van der Waals surface area (Å²) in [5.41, 5.74) is 3.03. The Hall–Kier alpha value is -2.77. The third-order valence-corrected chi connectivity index (χ3v) is 6.68. The predicted octanol–water partition coefficient (Wildman–Crippen LogP) is 3.05. The number of rotatable bonds is 3. The number of carbonyl (C=O) groups excluding carboxylic acids is 1. The van der Waals surface area contributed by atoms with Crippen LogP contribution in [0.1, 0.15) is 26.3 Å². The normalized spacial score (nSPS) is 23.5. The van der Waals surface area contributed by atoms with Gasteiger partial charge < -0.3 is 10.1 Å². The third-order valence-electron chi connectivity index (χ3n) is 6.68. The van der Waals surface area contributed by atoms with Gasteiger partial charge in [-0.25, -0.2) is 4.98 Å². The molecule has 5 rings (SSSR count). The van der Waals surface area contributed by atoms with Crippen LogP contribution in [0.4, 0.5) is 5.82 Å². The number of hydrogen-bond acceptors (Lipinski definition) is 5. The summed E-state index contributed by atoms with van der Waals surface area (Å²) in [6.45, 7) is 9.15. The van der Waals surface area contributed by atoms with Gasteiger partial charge in [0, 0.05) is 29.3 Å². The zero-order chi connectivity index (χ0) is 21.1. The second-order valence-electron chi connectivity index (χ2n) is 9.16. The van der Waals surface area contributed by atoms with Gasteiger partial charge in [0.2, 0.25) is 5.91 Å². The van der Waals surface area contributed by atoms with Crippen LogP contribution in [0.5, 0.6) is 0 Å². The molecule has 1 unspecified atom stereocenters. The molecule has 1 amide bonds. The molecule has 1 atom stereocenters. The Morgan fingerprint density at radius 3 is 2.80 bits per heavy atom. The summed E-state index contributed by atoms with van der Waals surface area (Å²) in [6, 6.07) is 10.2. The number of pyridine rings is 1. The molecule has 1 N–H and O–H groups in total. The maximum atomic E-state index is 12.5. The fraction of sp³-hybridized carbons (Fsp3) is 0.435. The number of carbonyl (C=O) groups is 1. The van der Waals surface area contributed by atoms with Gasteiger partial charge in [-0.2, -0.15) is 5.10 Å². The number of nitrogens with one attached hydrogen (secondary N) is 1. The molecule has 0 spiro atoms. The number of aromatic nitrogens is 3. The van der Waals surface area contributed by atoms with Crippen molar-refractivity contribution in [2.45, 2.75) is 38.3 Å². The first-order valence-corrected chi connectivity index (χ1v) is 10.4. The highest BCUT2D eigenvalue weighted by atomic mass is 16.5. The Labute approximate surface area is 176 Å². The highest BCUT2D eigenvalue weighted by Gasteiger charge is 2.42. The molecule has 156 valence electrons. The lowest BCUT2D eigenvalue weighted by Crippen LogP contribution is -2.55. The molecule has 1 fully saturated rings. The number of fused-ring (bicyclic) bond motifs is 2. The van der Waals surface area contributed by atoms with Gasteiger partial charge in [0.05, 0.1) is 36.2 Å². The fourth-order valence-corrected chi connectivity index (χ4v) is 4.57. The molecule has 30 heavy (non-hydrogen) atoms. The summed E-state index contributed by atoms with van der Waals surface area (Å²) < 4.78 is 7.88. The van der Waals surface area contributed by atoms with E-state index < -0.39 is 5.41 Å². The summed E-state index contributed by atoms with van der Waals surface area (Å²) >= 11 is 0. The molecule has 0 saturated carbocycles. The summed E-state index contributed by atoms with van der Waals surface area (Å²) in [7, 11) is 2.14. The van der Waals surface area contributed by atoms with E-state index in [0.717, 1.165) is 47.4 Å². The Morgan fingerprint density at radius 2 is 2.00 bits per heavy atom. The van der Waals surface area contributed by atoms with Crippen molar-refractivity contribution in [3.63, 3.8) is 0 Å². The molecule has 7 nitrogen and oxygen atoms in total. The quantitative estimate of drug-likeness (QED) is 0.725. The monoisotopic (exact) mass is 405 g/mol. The van der Waals surface area contributed by atoms with Crippen molar-refractivity contribution in [3.05, 3.63) is 42.1 Å². The summed E-state index contributed by atoms with van der Waals surface area (Å²) in [5, 5.41) is 9.06. The Balaban J connectivity index is 1.67. The first-order chi connectivity index (χ1) is 14.3. The minimum absolute atomic E-state index is 0.0327. The van der Waals surface area contributed by atoms with E-state index in [2.05, 4.69) is 46.0 Å². The zero-order valence-electron chi connectivity index (χ0n) is 17.9. The molecule has 7 heteroatoms. The van der Waals surface area contributed by atoms with Crippen LogP contribution in [0.3, 0.4) is 0 Å². The largest absolute Gasteiger partial charge is 0.378 e. The van der Waals surface area contributed by atoms with Crippen molar-refractivity contribution in [3.8, 4) is 11.3 Å². The average molecular weight is 406 g/mol. The van der Waals surface area contributed by atoms with Gasteiger partial charge in [-0.1, -0.05) is 18.2 Å². The lowest BCUT2D eigenvalue weighted by molar-refractivity contribution is -0.119. The van der Waals surface area contributed by atoms with E-state index in [0.29, 0.717) is 12.4 Å². The molecule has 1 aromatic carbocycles. The van der Waals surface area contributed by atoms with Crippen LogP contribution >= 0.6 is 0 Å². The number of benzene rings is 1. The topological polar surface area (TPSA) is 72.3 Å². The van der Waals surface area contributed by atoms with Gasteiger partial charge in [-0.15, -0.1) is 0 Å². The molecule has 3 aromatic rings. The lowest BCUT2D eigenvalue weighted by Gasteiger charge is -2.42. The minimum Gasteiger partial charge on any atom is -0.378 e. The standard InChI is InChI=1S/C23H27N5O2/c1-22(2)18-16(9-10-24-20(18)25-21(22)29)19-15-7-5-6-8-17(15)28(26-19)13-23(3)14-30-12-11-27(23)4/h5-10H,11-14H2,1-4H3,(H,24,25,29). The van der Waals surface area contributed by atoms with Gasteiger partial charge in [-0.3, -0.25) is 14.4 Å². The van der Waals surface area contributed by atoms with Crippen molar-refractivity contribution in [1.29, 1.82) is 0 Å². The van der Waals surface area contributed by atoms with Crippen LogP contribution < -0.4 is 5.32 Å². The van der Waals surface area contributed by atoms with Crippen LogP contribution in [0.15, 0.2) is 36.5 Å². The van der Waals surface area contributed by atoms with Crippen LogP contribution in [0.25, 0.3) is 22.2 Å². The predicted molar refractivity (Wildman–Crippen MR) is 116 cm³/mol. The summed E-state index contributed by atoms with van der Waals surface area (Å²) in [5.74, 6) is 0.600. The van der Waals surface area contributed by atoms with Crippen LogP contribution in [0, 0.1) is 0 Å². The fourth-order valence-electron chi connectivity index (χ4n) is 4.57. The van der Waals surface area contributed by atoms with Gasteiger partial charge >= 0.3 is 0 Å². The smallest absolute Gasteiger partial charge is 0.235 e. The van der Waals surface area contributed by atoms with Crippen molar-refractivity contribution in [2.24, 2.45) is 0 Å². The van der Waals surface area contributed by atoms with Crippen LogP contribution in [-0.4, -0.2) is 57.9 Å². The van der Waals surface area contributed by atoms with Crippen LogP contribution in [-0.2, 0) is 21.5 Å². The number of para-hydroxylation sites is 1. The lowest BCUT2D eigenvalue weighted by atomic mass is 9.83. The SMILES string of the molecule is CN1CCOCC1(C)Cn1nc(-c2ccnc3c2C(C)(C)C(=O)N3)c2ccccc21. The van der Waals surface area contributed by atoms with E-state index in [9.17, 15) is 4.79 Å². The van der Waals surface area contributed by atoms with Gasteiger partial charge in [0.15, 0.2) is 0 Å². The van der Waals surface area contributed by atoms with Gasteiger partial charge in [0.25, 0.3) is 0 Å². The molecule has 2 aromatic heterocycles. The van der Waals surface area contributed by atoms with E-state index in [1.54, 1.807) is 6.20 Å². The zero-order valence-corrected chi connectivity index (χ0v) is 17.9. The third kappa shape index (κ3) is 2.76. The van der Waals surface area contributed by atoms with E-state index in [1.165, 1.54) is 0 Å². The minimum atomic E-state index is -0.660.